The Kier molecular flexibility index (Phi) is 12.4. The van der Waals surface area contributed by atoms with Gasteiger partial charge in [0.1, 0.15) is 18.0 Å². The number of pyridine rings is 1. The molecule has 0 bridgehead atoms. The van der Waals surface area contributed by atoms with Crippen LogP contribution < -0.4 is 10.6 Å². The number of nitrogens with zero attached hydrogens (tertiary/aromatic N) is 2. The Morgan fingerprint density at radius 2 is 1.78 bits per heavy atom. The lowest BCUT2D eigenvalue weighted by molar-refractivity contribution is -0.145. The Morgan fingerprint density at radius 1 is 1.12 bits per heavy atom. The van der Waals surface area contributed by atoms with E-state index in [9.17, 15) is 28.3 Å². The topological polar surface area (TPSA) is 150 Å². The third-order valence-electron chi connectivity index (χ3n) is 7.01. The number of amides is 3. The molecule has 4 atom stereocenters. The van der Waals surface area contributed by atoms with E-state index in [0.29, 0.717) is 11.5 Å². The smallest absolute Gasteiger partial charge is 0.339 e. The maximum absolute atomic E-state index is 14.3. The molecular formula is C28H40F2N4O7. The van der Waals surface area contributed by atoms with Crippen molar-refractivity contribution in [3.05, 3.63) is 41.9 Å². The molecule has 3 amide bonds. The molecule has 4 N–H and O–H groups in total. The van der Waals surface area contributed by atoms with Gasteiger partial charge in [0, 0.05) is 12.4 Å². The highest BCUT2D eigenvalue weighted by atomic mass is 19.3. The number of hydrogen-bond donors (Lipinski definition) is 4. The molecule has 2 aliphatic rings. The lowest BCUT2D eigenvalue weighted by atomic mass is 10.1. The van der Waals surface area contributed by atoms with E-state index in [1.165, 1.54) is 69.4 Å². The quantitative estimate of drug-likeness (QED) is 0.171. The predicted molar refractivity (Wildman–Crippen MR) is 144 cm³/mol. The minimum atomic E-state index is -3.83. The largest absolute Gasteiger partial charge is 0.462 e. The maximum atomic E-state index is 14.3. The van der Waals surface area contributed by atoms with Gasteiger partial charge in [-0.25, -0.2) is 9.59 Å². The number of aromatic nitrogens is 1. The third-order valence-corrected chi connectivity index (χ3v) is 7.01. The van der Waals surface area contributed by atoms with Crippen LogP contribution in [0.25, 0.3) is 0 Å². The number of unbranched alkanes of at least 4 members (excludes halogenated alkanes) is 9. The fourth-order valence-corrected chi connectivity index (χ4v) is 4.59. The average Bonchev–Trinajstić information content (AvgIpc) is 3.19. The Labute approximate surface area is 238 Å². The number of esters is 1. The molecule has 0 radical (unpaired) electrons. The summed E-state index contributed by atoms with van der Waals surface area (Å²) in [5.41, 5.74) is 0.150. The van der Waals surface area contributed by atoms with Crippen LogP contribution in [0.4, 0.5) is 13.6 Å². The Morgan fingerprint density at radius 3 is 2.34 bits per heavy atom. The van der Waals surface area contributed by atoms with Crippen LogP contribution in [-0.4, -0.2) is 81.7 Å². The summed E-state index contributed by atoms with van der Waals surface area (Å²) >= 11 is 0. The van der Waals surface area contributed by atoms with Crippen LogP contribution in [0.3, 0.4) is 0 Å². The van der Waals surface area contributed by atoms with Gasteiger partial charge >= 0.3 is 17.9 Å². The molecule has 1 aromatic heterocycles. The molecule has 0 aliphatic carbocycles. The minimum Gasteiger partial charge on any atom is -0.462 e. The van der Waals surface area contributed by atoms with Gasteiger partial charge in [0.15, 0.2) is 6.10 Å². The minimum absolute atomic E-state index is 0.0408. The summed E-state index contributed by atoms with van der Waals surface area (Å²) in [5.74, 6) is -5.05. The molecule has 1 aromatic rings. The normalized spacial score (nSPS) is 23.3. The van der Waals surface area contributed by atoms with E-state index < -0.39 is 55.0 Å². The van der Waals surface area contributed by atoms with Gasteiger partial charge in [-0.2, -0.15) is 8.78 Å². The van der Waals surface area contributed by atoms with Crippen LogP contribution in [0, 0.1) is 0 Å². The van der Waals surface area contributed by atoms with Crippen molar-refractivity contribution in [2.45, 2.75) is 102 Å². The number of carbonyl (C=O) groups excluding carboxylic acids is 3. The van der Waals surface area contributed by atoms with Crippen molar-refractivity contribution in [1.82, 2.24) is 20.5 Å². The summed E-state index contributed by atoms with van der Waals surface area (Å²) in [4.78, 5) is 41.8. The second-order valence-electron chi connectivity index (χ2n) is 10.2. The zero-order valence-electron chi connectivity index (χ0n) is 23.3. The van der Waals surface area contributed by atoms with Crippen LogP contribution in [0.15, 0.2) is 30.6 Å². The average molecular weight is 583 g/mol. The van der Waals surface area contributed by atoms with Gasteiger partial charge in [-0.05, 0) is 24.6 Å². The lowest BCUT2D eigenvalue weighted by Gasteiger charge is -2.33. The summed E-state index contributed by atoms with van der Waals surface area (Å²) in [6.45, 7) is 1.66. The van der Waals surface area contributed by atoms with Gasteiger partial charge in [-0.1, -0.05) is 64.7 Å². The van der Waals surface area contributed by atoms with Gasteiger partial charge < -0.3 is 30.3 Å². The van der Waals surface area contributed by atoms with Crippen LogP contribution in [0.5, 0.6) is 0 Å². The van der Waals surface area contributed by atoms with E-state index >= 15 is 0 Å². The second-order valence-corrected chi connectivity index (χ2v) is 10.2. The van der Waals surface area contributed by atoms with E-state index in [1.807, 2.05) is 0 Å². The van der Waals surface area contributed by atoms with Gasteiger partial charge in [0.25, 0.3) is 5.91 Å². The number of carbonyl (C=O) groups is 3. The Balaban J connectivity index is 1.38. The van der Waals surface area contributed by atoms with Gasteiger partial charge in [0.05, 0.1) is 18.8 Å². The molecule has 11 nitrogen and oxygen atoms in total. The molecule has 3 rings (SSSR count). The van der Waals surface area contributed by atoms with Crippen molar-refractivity contribution in [2.75, 3.05) is 13.2 Å². The number of urea groups is 1. The molecule has 0 saturated carbocycles. The molecule has 0 aromatic carbocycles. The SMILES string of the molecule is CCCCCCCCCCCCOC(=O)c1ccc(C(=O)NC2C=CN([C@@H]3O[C@H](CO)[C@@H](O)C3(F)F)C(=O)N2)nc1. The third kappa shape index (κ3) is 8.91. The lowest BCUT2D eigenvalue weighted by Crippen LogP contribution is -2.58. The van der Waals surface area contributed by atoms with E-state index in [0.717, 1.165) is 25.5 Å². The zero-order valence-corrected chi connectivity index (χ0v) is 23.3. The van der Waals surface area contributed by atoms with Gasteiger partial charge in [-0.15, -0.1) is 0 Å². The molecule has 0 spiro atoms. The van der Waals surface area contributed by atoms with E-state index in [4.69, 9.17) is 14.6 Å². The Hall–Kier alpha value is -3.16. The second kappa shape index (κ2) is 15.7. The number of aliphatic hydroxyl groups is 2. The van der Waals surface area contributed by atoms with Crippen LogP contribution in [0.2, 0.25) is 0 Å². The standard InChI is InChI=1S/C28H40F2N4O7/c1-2-3-4-5-6-7-8-9-10-11-16-40-25(38)19-12-13-20(31-17-19)24(37)32-22-14-15-34(27(39)33-22)26-28(29,30)23(36)21(18-35)41-26/h12-15,17,21-23,26,35-36H,2-11,16,18H2,1H3,(H,32,37)(H,33,39)/t21-,22?,23-,26-/m1/s1. The molecule has 2 aliphatic heterocycles. The summed E-state index contributed by atoms with van der Waals surface area (Å²) in [7, 11) is 0. The fourth-order valence-electron chi connectivity index (χ4n) is 4.59. The van der Waals surface area contributed by atoms with Crippen molar-refractivity contribution in [3.8, 4) is 0 Å². The monoisotopic (exact) mass is 582 g/mol. The van der Waals surface area contributed by atoms with E-state index in [1.54, 1.807) is 0 Å². The number of hydrogen-bond acceptors (Lipinski definition) is 8. The summed E-state index contributed by atoms with van der Waals surface area (Å²) in [6, 6.07) is 1.72. The number of aliphatic hydroxyl groups excluding tert-OH is 2. The van der Waals surface area contributed by atoms with Crippen LogP contribution in [-0.2, 0) is 9.47 Å². The van der Waals surface area contributed by atoms with E-state index in [-0.39, 0.29) is 11.3 Å². The van der Waals surface area contributed by atoms with Gasteiger partial charge in [-0.3, -0.25) is 14.7 Å². The first-order valence-corrected chi connectivity index (χ1v) is 14.2. The molecule has 1 unspecified atom stereocenters. The summed E-state index contributed by atoms with van der Waals surface area (Å²) in [5, 5.41) is 23.6. The first-order chi connectivity index (χ1) is 19.7. The van der Waals surface area contributed by atoms with Gasteiger partial charge in [0.2, 0.25) is 6.23 Å². The first-order valence-electron chi connectivity index (χ1n) is 14.2. The van der Waals surface area contributed by atoms with E-state index in [2.05, 4.69) is 22.5 Å². The Bertz CT molecular complexity index is 1040. The number of rotatable bonds is 16. The molecule has 41 heavy (non-hydrogen) atoms. The molecule has 228 valence electrons. The number of ether oxygens (including phenoxy) is 2. The first kappa shape index (κ1) is 32.4. The highest BCUT2D eigenvalue weighted by Gasteiger charge is 2.61. The van der Waals surface area contributed by atoms with Crippen molar-refractivity contribution >= 4 is 17.9 Å². The number of halogens is 2. The predicted octanol–water partition coefficient (Wildman–Crippen LogP) is 3.47. The van der Waals surface area contributed by atoms with Crippen molar-refractivity contribution < 1.29 is 42.9 Å². The van der Waals surface area contributed by atoms with Crippen molar-refractivity contribution in [2.24, 2.45) is 0 Å². The highest BCUT2D eigenvalue weighted by Crippen LogP contribution is 2.38. The van der Waals surface area contributed by atoms with Crippen molar-refractivity contribution in [3.63, 3.8) is 0 Å². The van der Waals surface area contributed by atoms with Crippen LogP contribution >= 0.6 is 0 Å². The number of alkyl halides is 2. The molecule has 1 saturated heterocycles. The molecular weight excluding hydrogens is 542 g/mol. The molecule has 3 heterocycles. The highest BCUT2D eigenvalue weighted by molar-refractivity contribution is 5.94. The fraction of sp³-hybridized carbons (Fsp3) is 0.643. The summed E-state index contributed by atoms with van der Waals surface area (Å²) < 4.78 is 38.9. The van der Waals surface area contributed by atoms with Crippen molar-refractivity contribution in [1.29, 1.82) is 0 Å². The number of nitrogens with one attached hydrogen (secondary N) is 2. The maximum Gasteiger partial charge on any atom is 0.339 e. The van der Waals surface area contributed by atoms with Crippen LogP contribution in [0.1, 0.15) is 92.0 Å². The molecule has 13 heteroatoms. The summed E-state index contributed by atoms with van der Waals surface area (Å²) in [6.07, 6.45) is 8.16. The molecule has 1 fully saturated rings. The zero-order chi connectivity index (χ0) is 29.8.